The average molecular weight is 190 g/mol. The van der Waals surface area contributed by atoms with Crippen LogP contribution >= 0.6 is 0 Å². The lowest BCUT2D eigenvalue weighted by Crippen LogP contribution is -2.15. The van der Waals surface area contributed by atoms with E-state index in [2.05, 4.69) is 33.4 Å². The fraction of sp³-hybridized carbons (Fsp3) is 0.385. The van der Waals surface area contributed by atoms with Crippen LogP contribution in [0.5, 0.6) is 0 Å². The minimum atomic E-state index is -0.564. The highest BCUT2D eigenvalue weighted by Gasteiger charge is 2.19. The van der Waals surface area contributed by atoms with Crippen molar-refractivity contribution in [1.29, 1.82) is 0 Å². The van der Waals surface area contributed by atoms with Gasteiger partial charge in [-0.2, -0.15) is 0 Å². The van der Waals surface area contributed by atoms with E-state index >= 15 is 0 Å². The van der Waals surface area contributed by atoms with Gasteiger partial charge >= 0.3 is 0 Å². The number of benzene rings is 1. The maximum atomic E-state index is 9.76. The molecular formula is C13H18O. The molecule has 1 aromatic carbocycles. The van der Waals surface area contributed by atoms with Gasteiger partial charge < -0.3 is 5.11 Å². The molecule has 0 heterocycles. The second-order valence-corrected chi connectivity index (χ2v) is 4.52. The molecule has 0 aliphatic carbocycles. The van der Waals surface area contributed by atoms with Gasteiger partial charge in [0.2, 0.25) is 0 Å². The third kappa shape index (κ3) is 2.24. The van der Waals surface area contributed by atoms with Gasteiger partial charge in [0, 0.05) is 0 Å². The molecule has 1 rings (SSSR count). The van der Waals surface area contributed by atoms with Gasteiger partial charge in [0.05, 0.1) is 6.10 Å². The molecule has 1 aromatic rings. The highest BCUT2D eigenvalue weighted by atomic mass is 16.3. The Bertz CT molecular complexity index is 320. The number of aliphatic hydroxyl groups is 1. The molecule has 1 N–H and O–H groups in total. The lowest BCUT2D eigenvalue weighted by atomic mass is 9.82. The summed E-state index contributed by atoms with van der Waals surface area (Å²) in [5.41, 5.74) is 2.18. The minimum absolute atomic E-state index is 0.0561. The number of rotatable bonds is 2. The second kappa shape index (κ2) is 3.97. The molecule has 0 aliphatic rings. The van der Waals surface area contributed by atoms with Gasteiger partial charge in [-0.15, -0.1) is 6.58 Å². The van der Waals surface area contributed by atoms with Crippen LogP contribution in [-0.2, 0) is 5.41 Å². The van der Waals surface area contributed by atoms with Crippen molar-refractivity contribution in [3.63, 3.8) is 0 Å². The molecule has 1 heteroatoms. The van der Waals surface area contributed by atoms with Crippen molar-refractivity contribution in [3.8, 4) is 0 Å². The molecule has 0 saturated heterocycles. The van der Waals surface area contributed by atoms with Crippen molar-refractivity contribution in [2.24, 2.45) is 0 Å². The molecule has 0 aliphatic heterocycles. The third-order valence-electron chi connectivity index (χ3n) is 2.31. The first-order chi connectivity index (χ1) is 6.46. The summed E-state index contributed by atoms with van der Waals surface area (Å²) in [5.74, 6) is 0. The maximum absolute atomic E-state index is 9.76. The lowest BCUT2D eigenvalue weighted by molar-refractivity contribution is 0.226. The SMILES string of the molecule is C=CC(O)c1ccccc1C(C)(C)C. The molecule has 14 heavy (non-hydrogen) atoms. The van der Waals surface area contributed by atoms with E-state index in [0.717, 1.165) is 5.56 Å². The highest BCUT2D eigenvalue weighted by Crippen LogP contribution is 2.29. The first-order valence-electron chi connectivity index (χ1n) is 4.87. The van der Waals surface area contributed by atoms with Crippen LogP contribution in [0.15, 0.2) is 36.9 Å². The molecule has 0 spiro atoms. The minimum Gasteiger partial charge on any atom is -0.384 e. The standard InChI is InChI=1S/C13H18O/c1-5-12(14)10-8-6-7-9-11(10)13(2,3)4/h5-9,12,14H,1H2,2-4H3. The van der Waals surface area contributed by atoms with Crippen molar-refractivity contribution < 1.29 is 5.11 Å². The topological polar surface area (TPSA) is 20.2 Å². The monoisotopic (exact) mass is 190 g/mol. The van der Waals surface area contributed by atoms with Crippen LogP contribution in [0.3, 0.4) is 0 Å². The van der Waals surface area contributed by atoms with E-state index in [4.69, 9.17) is 0 Å². The van der Waals surface area contributed by atoms with Crippen molar-refractivity contribution in [1.82, 2.24) is 0 Å². The zero-order valence-electron chi connectivity index (χ0n) is 9.12. The molecule has 1 nitrogen and oxygen atoms in total. The summed E-state index contributed by atoms with van der Waals surface area (Å²) in [6, 6.07) is 7.95. The first kappa shape index (κ1) is 11.0. The van der Waals surface area contributed by atoms with Gasteiger partial charge in [-0.1, -0.05) is 51.1 Å². The van der Waals surface area contributed by atoms with Gasteiger partial charge in [0.1, 0.15) is 0 Å². The Balaban J connectivity index is 3.22. The molecule has 1 atom stereocenters. The van der Waals surface area contributed by atoms with Crippen molar-refractivity contribution in [3.05, 3.63) is 48.0 Å². The van der Waals surface area contributed by atoms with Gasteiger partial charge in [-0.25, -0.2) is 0 Å². The van der Waals surface area contributed by atoms with E-state index in [9.17, 15) is 5.11 Å². The maximum Gasteiger partial charge on any atom is 0.0972 e. The van der Waals surface area contributed by atoms with Gasteiger partial charge in [-0.05, 0) is 16.5 Å². The average Bonchev–Trinajstić information content (AvgIpc) is 2.15. The van der Waals surface area contributed by atoms with Crippen LogP contribution < -0.4 is 0 Å². The molecule has 0 bridgehead atoms. The van der Waals surface area contributed by atoms with Crippen molar-refractivity contribution >= 4 is 0 Å². The van der Waals surface area contributed by atoms with E-state index in [1.807, 2.05) is 18.2 Å². The molecular weight excluding hydrogens is 172 g/mol. The van der Waals surface area contributed by atoms with Crippen LogP contribution in [-0.4, -0.2) is 5.11 Å². The van der Waals surface area contributed by atoms with E-state index in [1.54, 1.807) is 6.08 Å². The molecule has 0 radical (unpaired) electrons. The van der Waals surface area contributed by atoms with Crippen molar-refractivity contribution in [2.75, 3.05) is 0 Å². The quantitative estimate of drug-likeness (QED) is 0.710. The molecule has 76 valence electrons. The van der Waals surface area contributed by atoms with Crippen LogP contribution in [0, 0.1) is 0 Å². The van der Waals surface area contributed by atoms with Crippen LogP contribution in [0.25, 0.3) is 0 Å². The molecule has 0 saturated carbocycles. The smallest absolute Gasteiger partial charge is 0.0972 e. The van der Waals surface area contributed by atoms with E-state index in [0.29, 0.717) is 0 Å². The number of hydrogen-bond donors (Lipinski definition) is 1. The zero-order valence-corrected chi connectivity index (χ0v) is 9.12. The van der Waals surface area contributed by atoms with Gasteiger partial charge in [0.15, 0.2) is 0 Å². The fourth-order valence-electron chi connectivity index (χ4n) is 1.56. The third-order valence-corrected chi connectivity index (χ3v) is 2.31. The van der Waals surface area contributed by atoms with E-state index in [-0.39, 0.29) is 5.41 Å². The molecule has 1 unspecified atom stereocenters. The van der Waals surface area contributed by atoms with Crippen LogP contribution in [0.4, 0.5) is 0 Å². The predicted octanol–water partition coefficient (Wildman–Crippen LogP) is 3.20. The molecule has 0 amide bonds. The Morgan fingerprint density at radius 3 is 2.36 bits per heavy atom. The second-order valence-electron chi connectivity index (χ2n) is 4.52. The summed E-state index contributed by atoms with van der Waals surface area (Å²) in [6.45, 7) is 10.0. The predicted molar refractivity (Wildman–Crippen MR) is 60.3 cm³/mol. The van der Waals surface area contributed by atoms with Crippen LogP contribution in [0.2, 0.25) is 0 Å². The van der Waals surface area contributed by atoms with Crippen molar-refractivity contribution in [2.45, 2.75) is 32.3 Å². The Morgan fingerprint density at radius 2 is 1.86 bits per heavy atom. The Morgan fingerprint density at radius 1 is 1.29 bits per heavy atom. The fourth-order valence-corrected chi connectivity index (χ4v) is 1.56. The summed E-state index contributed by atoms with van der Waals surface area (Å²) in [4.78, 5) is 0. The van der Waals surface area contributed by atoms with Gasteiger partial charge in [0.25, 0.3) is 0 Å². The largest absolute Gasteiger partial charge is 0.384 e. The summed E-state index contributed by atoms with van der Waals surface area (Å²) in [6.07, 6.45) is 0.996. The highest BCUT2D eigenvalue weighted by molar-refractivity contribution is 5.35. The Labute approximate surface area is 86.1 Å². The Kier molecular flexibility index (Phi) is 3.12. The Hall–Kier alpha value is -1.08. The van der Waals surface area contributed by atoms with E-state index in [1.165, 1.54) is 5.56 Å². The normalized spacial score (nSPS) is 13.7. The van der Waals surface area contributed by atoms with E-state index < -0.39 is 6.10 Å². The number of aliphatic hydroxyl groups excluding tert-OH is 1. The first-order valence-corrected chi connectivity index (χ1v) is 4.87. The molecule has 0 fully saturated rings. The van der Waals surface area contributed by atoms with Gasteiger partial charge in [-0.3, -0.25) is 0 Å². The zero-order chi connectivity index (χ0) is 10.8. The number of hydrogen-bond acceptors (Lipinski definition) is 1. The summed E-state index contributed by atoms with van der Waals surface area (Å²) in [5, 5.41) is 9.76. The lowest BCUT2D eigenvalue weighted by Gasteiger charge is -2.24. The summed E-state index contributed by atoms with van der Waals surface area (Å²) in [7, 11) is 0. The summed E-state index contributed by atoms with van der Waals surface area (Å²) >= 11 is 0. The molecule has 0 aromatic heterocycles. The summed E-state index contributed by atoms with van der Waals surface area (Å²) < 4.78 is 0. The van der Waals surface area contributed by atoms with Crippen LogP contribution in [0.1, 0.15) is 38.0 Å².